The normalized spacial score (nSPS) is 20.2. The van der Waals surface area contributed by atoms with Gasteiger partial charge in [-0.2, -0.15) is 0 Å². The van der Waals surface area contributed by atoms with Crippen molar-refractivity contribution < 1.29 is 9.84 Å². The molecule has 0 spiro atoms. The van der Waals surface area contributed by atoms with Gasteiger partial charge in [0.2, 0.25) is 0 Å². The summed E-state index contributed by atoms with van der Waals surface area (Å²) in [5, 5.41) is 13.0. The lowest BCUT2D eigenvalue weighted by molar-refractivity contribution is 0.151. The minimum atomic E-state index is -0.701. The number of halogens is 2. The summed E-state index contributed by atoms with van der Waals surface area (Å²) in [7, 11) is -0.701. The summed E-state index contributed by atoms with van der Waals surface area (Å²) >= 11 is 12.5. The lowest BCUT2D eigenvalue weighted by Gasteiger charge is -2.12. The maximum atomic E-state index is 8.82. The molecular weight excluding hydrogens is 287 g/mol. The van der Waals surface area contributed by atoms with Crippen molar-refractivity contribution >= 4 is 32.7 Å². The van der Waals surface area contributed by atoms with Crippen molar-refractivity contribution in [1.82, 2.24) is 0 Å². The van der Waals surface area contributed by atoms with Crippen LogP contribution in [-0.4, -0.2) is 27.8 Å². The molecule has 0 aromatic carbocycles. The smallest absolute Gasteiger partial charge is 0.115 e. The molecule has 98 valence electrons. The zero-order valence-corrected chi connectivity index (χ0v) is 13.2. The summed E-state index contributed by atoms with van der Waals surface area (Å²) in [5.41, 5.74) is 1.28. The molecule has 2 nitrogen and oxygen atoms in total. The number of allylic oxidation sites excluding steroid dienone is 7. The molecule has 2 aliphatic carbocycles. The SMILES string of the molecule is CC1=CCC(Cl)=C1[SiH2]C1=C(Cl)CC=C1OCCO. The second kappa shape index (κ2) is 6.11. The average molecular weight is 303 g/mol. The van der Waals surface area contributed by atoms with E-state index >= 15 is 0 Å². The van der Waals surface area contributed by atoms with E-state index < -0.39 is 9.52 Å². The van der Waals surface area contributed by atoms with Gasteiger partial charge in [0, 0.05) is 22.9 Å². The van der Waals surface area contributed by atoms with Gasteiger partial charge in [-0.3, -0.25) is 0 Å². The van der Waals surface area contributed by atoms with E-state index in [1.807, 2.05) is 6.08 Å². The summed E-state index contributed by atoms with van der Waals surface area (Å²) in [6.45, 7) is 2.43. The summed E-state index contributed by atoms with van der Waals surface area (Å²) in [5.74, 6) is 0.845. The fourth-order valence-electron chi connectivity index (χ4n) is 2.16. The van der Waals surface area contributed by atoms with Gasteiger partial charge in [-0.25, -0.2) is 0 Å². The Balaban J connectivity index is 2.13. The van der Waals surface area contributed by atoms with Crippen molar-refractivity contribution in [2.45, 2.75) is 19.8 Å². The largest absolute Gasteiger partial charge is 0.492 e. The second-order valence-corrected chi connectivity index (χ2v) is 7.06. The van der Waals surface area contributed by atoms with Crippen LogP contribution >= 0.6 is 23.2 Å². The fraction of sp³-hybridized carbons (Fsp3) is 0.385. The van der Waals surface area contributed by atoms with Gasteiger partial charge >= 0.3 is 0 Å². The first kappa shape index (κ1) is 13.9. The highest BCUT2D eigenvalue weighted by Crippen LogP contribution is 2.35. The van der Waals surface area contributed by atoms with Crippen molar-refractivity contribution in [1.29, 1.82) is 0 Å². The highest BCUT2D eigenvalue weighted by atomic mass is 35.5. The zero-order valence-electron chi connectivity index (χ0n) is 10.3. The minimum absolute atomic E-state index is 0.0200. The number of hydrogen-bond acceptors (Lipinski definition) is 2. The summed E-state index contributed by atoms with van der Waals surface area (Å²) in [4.78, 5) is 0. The topological polar surface area (TPSA) is 29.5 Å². The van der Waals surface area contributed by atoms with Crippen LogP contribution in [0.2, 0.25) is 0 Å². The lowest BCUT2D eigenvalue weighted by atomic mass is 10.3. The Morgan fingerprint density at radius 2 is 1.89 bits per heavy atom. The van der Waals surface area contributed by atoms with Crippen molar-refractivity contribution in [2.75, 3.05) is 13.2 Å². The Kier molecular flexibility index (Phi) is 4.73. The molecule has 18 heavy (non-hydrogen) atoms. The van der Waals surface area contributed by atoms with Gasteiger partial charge in [-0.05, 0) is 23.4 Å². The van der Waals surface area contributed by atoms with E-state index in [2.05, 4.69) is 13.0 Å². The van der Waals surface area contributed by atoms with Gasteiger partial charge < -0.3 is 9.84 Å². The lowest BCUT2D eigenvalue weighted by Crippen LogP contribution is -2.08. The third-order valence-electron chi connectivity index (χ3n) is 3.18. The van der Waals surface area contributed by atoms with Gasteiger partial charge in [-0.1, -0.05) is 34.9 Å². The van der Waals surface area contributed by atoms with Crippen LogP contribution in [0.5, 0.6) is 0 Å². The number of aliphatic hydroxyl groups excluding tert-OH is 1. The number of hydrogen-bond donors (Lipinski definition) is 1. The highest BCUT2D eigenvalue weighted by molar-refractivity contribution is 6.61. The Hall–Kier alpha value is -0.483. The van der Waals surface area contributed by atoms with E-state index in [9.17, 15) is 0 Å². The zero-order chi connectivity index (χ0) is 13.1. The fourth-order valence-corrected chi connectivity index (χ4v) is 4.83. The minimum Gasteiger partial charge on any atom is -0.492 e. The average Bonchev–Trinajstić information content (AvgIpc) is 2.85. The van der Waals surface area contributed by atoms with Crippen LogP contribution in [0.4, 0.5) is 0 Å². The number of ether oxygens (including phenoxy) is 1. The van der Waals surface area contributed by atoms with E-state index in [-0.39, 0.29) is 6.61 Å². The summed E-state index contributed by atoms with van der Waals surface area (Å²) < 4.78 is 5.53. The predicted molar refractivity (Wildman–Crippen MR) is 78.4 cm³/mol. The van der Waals surface area contributed by atoms with Crippen LogP contribution in [-0.2, 0) is 4.74 Å². The molecule has 0 aromatic rings. The summed E-state index contributed by atoms with van der Waals surface area (Å²) in [6, 6.07) is 0. The maximum absolute atomic E-state index is 8.82. The molecule has 0 saturated heterocycles. The van der Waals surface area contributed by atoms with Crippen molar-refractivity contribution in [3.8, 4) is 0 Å². The molecule has 0 saturated carbocycles. The molecule has 1 N–H and O–H groups in total. The molecule has 0 bridgehead atoms. The first-order valence-electron chi connectivity index (χ1n) is 6.00. The van der Waals surface area contributed by atoms with E-state index in [0.717, 1.165) is 33.9 Å². The molecule has 2 rings (SSSR count). The Labute approximate surface area is 119 Å². The molecule has 0 fully saturated rings. The molecule has 2 aliphatic rings. The van der Waals surface area contributed by atoms with Crippen LogP contribution in [0, 0.1) is 0 Å². The van der Waals surface area contributed by atoms with Gasteiger partial charge in [0.05, 0.1) is 16.1 Å². The molecule has 0 aromatic heterocycles. The standard InChI is InChI=1S/C13H16Cl2O2Si/c1-8-2-3-9(14)12(8)18-13-10(15)4-5-11(13)17-7-6-16/h2,5,16H,3-4,6-7,18H2,1H3. The molecule has 0 heterocycles. The van der Waals surface area contributed by atoms with Gasteiger partial charge in [0.15, 0.2) is 0 Å². The van der Waals surface area contributed by atoms with Gasteiger partial charge in [0.1, 0.15) is 12.4 Å². The second-order valence-electron chi connectivity index (χ2n) is 4.38. The predicted octanol–water partition coefficient (Wildman–Crippen LogP) is 2.70. The quantitative estimate of drug-likeness (QED) is 0.791. The molecule has 0 aliphatic heterocycles. The molecule has 0 amide bonds. The number of rotatable bonds is 5. The van der Waals surface area contributed by atoms with E-state index in [1.165, 1.54) is 10.8 Å². The van der Waals surface area contributed by atoms with Crippen molar-refractivity contribution in [3.63, 3.8) is 0 Å². The first-order valence-corrected chi connectivity index (χ1v) is 8.17. The van der Waals surface area contributed by atoms with Crippen LogP contribution < -0.4 is 0 Å². The van der Waals surface area contributed by atoms with Crippen LogP contribution in [0.3, 0.4) is 0 Å². The molecule has 5 heteroatoms. The third kappa shape index (κ3) is 2.91. The van der Waals surface area contributed by atoms with E-state index in [4.69, 9.17) is 33.0 Å². The van der Waals surface area contributed by atoms with Crippen LogP contribution in [0.1, 0.15) is 19.8 Å². The molecule has 0 radical (unpaired) electrons. The highest BCUT2D eigenvalue weighted by Gasteiger charge is 2.22. The molecule has 0 unspecified atom stereocenters. The Morgan fingerprint density at radius 3 is 2.50 bits per heavy atom. The van der Waals surface area contributed by atoms with Crippen LogP contribution in [0.25, 0.3) is 0 Å². The van der Waals surface area contributed by atoms with Crippen molar-refractivity contribution in [2.24, 2.45) is 0 Å². The molecular formula is C13H16Cl2O2Si. The van der Waals surface area contributed by atoms with Crippen LogP contribution in [0.15, 0.2) is 43.9 Å². The Bertz CT molecular complexity index is 475. The molecule has 0 atom stereocenters. The summed E-state index contributed by atoms with van der Waals surface area (Å²) in [6.07, 6.45) is 5.73. The van der Waals surface area contributed by atoms with E-state index in [0.29, 0.717) is 6.61 Å². The first-order chi connectivity index (χ1) is 8.63. The monoisotopic (exact) mass is 302 g/mol. The third-order valence-corrected chi connectivity index (χ3v) is 6.86. The van der Waals surface area contributed by atoms with Crippen molar-refractivity contribution in [3.05, 3.63) is 43.9 Å². The Morgan fingerprint density at radius 1 is 1.22 bits per heavy atom. The maximum Gasteiger partial charge on any atom is 0.115 e. The number of aliphatic hydroxyl groups is 1. The van der Waals surface area contributed by atoms with E-state index in [1.54, 1.807) is 0 Å². The van der Waals surface area contributed by atoms with Gasteiger partial charge in [-0.15, -0.1) is 0 Å². The van der Waals surface area contributed by atoms with Gasteiger partial charge in [0.25, 0.3) is 0 Å².